The van der Waals surface area contributed by atoms with Crippen molar-refractivity contribution in [1.82, 2.24) is 0 Å². The van der Waals surface area contributed by atoms with Gasteiger partial charge in [0.2, 0.25) is 5.91 Å². The molecule has 0 radical (unpaired) electrons. The summed E-state index contributed by atoms with van der Waals surface area (Å²) in [6.07, 6.45) is 0.124. The summed E-state index contributed by atoms with van der Waals surface area (Å²) in [6.45, 7) is 1.42. The molecule has 0 bridgehead atoms. The number of benzene rings is 1. The van der Waals surface area contributed by atoms with Crippen molar-refractivity contribution in [3.8, 4) is 0 Å². The molecule has 5 nitrogen and oxygen atoms in total. The highest BCUT2D eigenvalue weighted by Gasteiger charge is 2.21. The van der Waals surface area contributed by atoms with Crippen molar-refractivity contribution >= 4 is 23.2 Å². The Morgan fingerprint density at radius 2 is 2.17 bits per heavy atom. The number of hydrogen-bond donors (Lipinski definition) is 2. The van der Waals surface area contributed by atoms with Gasteiger partial charge in [-0.1, -0.05) is 0 Å². The van der Waals surface area contributed by atoms with Crippen molar-refractivity contribution in [2.45, 2.75) is 25.9 Å². The summed E-state index contributed by atoms with van der Waals surface area (Å²) in [4.78, 5) is 24.5. The SMILES string of the molecule is CC(O)C(=O)Nc1ccc2c(c1)CCC(=O)N2C. The molecule has 2 N–H and O–H groups in total. The molecule has 1 heterocycles. The van der Waals surface area contributed by atoms with Crippen LogP contribution < -0.4 is 10.2 Å². The summed E-state index contributed by atoms with van der Waals surface area (Å²) in [7, 11) is 1.74. The minimum atomic E-state index is -1.04. The summed E-state index contributed by atoms with van der Waals surface area (Å²) in [5.41, 5.74) is 2.55. The molecule has 0 aromatic heterocycles. The van der Waals surface area contributed by atoms with Crippen LogP contribution >= 0.6 is 0 Å². The molecule has 1 aliphatic rings. The third-order valence-corrected chi connectivity index (χ3v) is 3.07. The number of amides is 2. The van der Waals surface area contributed by atoms with Crippen LogP contribution in [-0.4, -0.2) is 30.1 Å². The molecule has 18 heavy (non-hydrogen) atoms. The summed E-state index contributed by atoms with van der Waals surface area (Å²) in [5.74, 6) is -0.335. The lowest BCUT2D eigenvalue weighted by molar-refractivity contribution is -0.123. The Bertz CT molecular complexity index is 497. The normalized spacial score (nSPS) is 16.2. The molecule has 1 unspecified atom stereocenters. The second-order valence-corrected chi connectivity index (χ2v) is 4.46. The smallest absolute Gasteiger partial charge is 0.252 e. The van der Waals surface area contributed by atoms with E-state index in [0.717, 1.165) is 11.3 Å². The fraction of sp³-hybridized carbons (Fsp3) is 0.385. The van der Waals surface area contributed by atoms with Gasteiger partial charge >= 0.3 is 0 Å². The molecule has 0 saturated heterocycles. The molecule has 0 fully saturated rings. The fourth-order valence-corrected chi connectivity index (χ4v) is 1.98. The lowest BCUT2D eigenvalue weighted by Gasteiger charge is -2.26. The molecule has 1 atom stereocenters. The van der Waals surface area contributed by atoms with E-state index in [-0.39, 0.29) is 5.91 Å². The third kappa shape index (κ3) is 2.36. The van der Waals surface area contributed by atoms with Crippen LogP contribution in [0.25, 0.3) is 0 Å². The van der Waals surface area contributed by atoms with Crippen LogP contribution in [0.15, 0.2) is 18.2 Å². The molecule has 0 saturated carbocycles. The predicted molar refractivity (Wildman–Crippen MR) is 68.5 cm³/mol. The summed E-state index contributed by atoms with van der Waals surface area (Å²) >= 11 is 0. The Kier molecular flexibility index (Phi) is 3.34. The van der Waals surface area contributed by atoms with E-state index in [1.165, 1.54) is 6.92 Å². The molecule has 96 valence electrons. The average Bonchev–Trinajstić information content (AvgIpc) is 2.34. The van der Waals surface area contributed by atoms with E-state index >= 15 is 0 Å². The largest absolute Gasteiger partial charge is 0.384 e. The Morgan fingerprint density at radius 1 is 1.44 bits per heavy atom. The third-order valence-electron chi connectivity index (χ3n) is 3.07. The van der Waals surface area contributed by atoms with Gasteiger partial charge in [0.05, 0.1) is 0 Å². The van der Waals surface area contributed by atoms with Gasteiger partial charge in [0.25, 0.3) is 5.91 Å². The number of aliphatic hydroxyl groups is 1. The number of carbonyl (C=O) groups is 2. The first-order chi connectivity index (χ1) is 8.49. The van der Waals surface area contributed by atoms with Crippen LogP contribution in [0, 0.1) is 0 Å². The zero-order valence-electron chi connectivity index (χ0n) is 10.4. The maximum absolute atomic E-state index is 11.5. The Labute approximate surface area is 105 Å². The monoisotopic (exact) mass is 248 g/mol. The highest BCUT2D eigenvalue weighted by molar-refractivity contribution is 5.97. The van der Waals surface area contributed by atoms with E-state index in [2.05, 4.69) is 5.32 Å². The highest BCUT2D eigenvalue weighted by atomic mass is 16.3. The fourth-order valence-electron chi connectivity index (χ4n) is 1.98. The Morgan fingerprint density at radius 3 is 2.83 bits per heavy atom. The van der Waals surface area contributed by atoms with Crippen molar-refractivity contribution in [3.63, 3.8) is 0 Å². The van der Waals surface area contributed by atoms with Crippen LogP contribution in [0.2, 0.25) is 0 Å². The van der Waals surface area contributed by atoms with Crippen LogP contribution in [0.3, 0.4) is 0 Å². The average molecular weight is 248 g/mol. The van der Waals surface area contributed by atoms with Crippen LogP contribution in [0.4, 0.5) is 11.4 Å². The van der Waals surface area contributed by atoms with Crippen molar-refractivity contribution < 1.29 is 14.7 Å². The highest BCUT2D eigenvalue weighted by Crippen LogP contribution is 2.29. The van der Waals surface area contributed by atoms with Gasteiger partial charge in [-0.15, -0.1) is 0 Å². The minimum Gasteiger partial charge on any atom is -0.384 e. The molecule has 0 spiro atoms. The first kappa shape index (κ1) is 12.6. The number of fused-ring (bicyclic) bond motifs is 1. The van der Waals surface area contributed by atoms with Gasteiger partial charge in [0, 0.05) is 24.8 Å². The van der Waals surface area contributed by atoms with Gasteiger partial charge in [-0.3, -0.25) is 9.59 Å². The minimum absolute atomic E-state index is 0.100. The zero-order valence-corrected chi connectivity index (χ0v) is 10.4. The van der Waals surface area contributed by atoms with E-state index < -0.39 is 12.0 Å². The van der Waals surface area contributed by atoms with Gasteiger partial charge < -0.3 is 15.3 Å². The first-order valence-electron chi connectivity index (χ1n) is 5.87. The van der Waals surface area contributed by atoms with Gasteiger partial charge in [-0.25, -0.2) is 0 Å². The van der Waals surface area contributed by atoms with E-state index in [1.54, 1.807) is 18.0 Å². The second-order valence-electron chi connectivity index (χ2n) is 4.46. The van der Waals surface area contributed by atoms with E-state index in [4.69, 9.17) is 5.11 Å². The van der Waals surface area contributed by atoms with Crippen molar-refractivity contribution in [2.24, 2.45) is 0 Å². The van der Waals surface area contributed by atoms with E-state index in [0.29, 0.717) is 18.5 Å². The second kappa shape index (κ2) is 4.78. The molecule has 1 aromatic carbocycles. The number of nitrogens with zero attached hydrogens (tertiary/aromatic N) is 1. The van der Waals surface area contributed by atoms with Gasteiger partial charge in [-0.2, -0.15) is 0 Å². The number of rotatable bonds is 2. The van der Waals surface area contributed by atoms with E-state index in [1.807, 2.05) is 12.1 Å². The summed E-state index contributed by atoms with van der Waals surface area (Å²) in [6, 6.07) is 5.39. The molecular weight excluding hydrogens is 232 g/mol. The maximum Gasteiger partial charge on any atom is 0.252 e. The quantitative estimate of drug-likeness (QED) is 0.817. The van der Waals surface area contributed by atoms with Crippen LogP contribution in [0.5, 0.6) is 0 Å². The summed E-state index contributed by atoms with van der Waals surface area (Å²) < 4.78 is 0. The molecule has 5 heteroatoms. The van der Waals surface area contributed by atoms with Crippen molar-refractivity contribution in [2.75, 3.05) is 17.3 Å². The molecule has 1 aromatic rings. The summed E-state index contributed by atoms with van der Waals surface area (Å²) in [5, 5.41) is 11.8. The number of nitrogens with one attached hydrogen (secondary N) is 1. The number of aryl methyl sites for hydroxylation is 1. The lowest BCUT2D eigenvalue weighted by Crippen LogP contribution is -2.31. The standard InChI is InChI=1S/C13H16N2O3/c1-8(16)13(18)14-10-4-5-11-9(7-10)3-6-12(17)15(11)2/h4-5,7-8,16H,3,6H2,1-2H3,(H,14,18). The topological polar surface area (TPSA) is 69.6 Å². The number of anilines is 2. The predicted octanol–water partition coefficient (Wildman–Crippen LogP) is 0.915. The van der Waals surface area contributed by atoms with Crippen LogP contribution in [0.1, 0.15) is 18.9 Å². The van der Waals surface area contributed by atoms with E-state index in [9.17, 15) is 9.59 Å². The Balaban J connectivity index is 2.23. The van der Waals surface area contributed by atoms with Gasteiger partial charge in [-0.05, 0) is 37.1 Å². The van der Waals surface area contributed by atoms with Gasteiger partial charge in [0.1, 0.15) is 6.10 Å². The molecule has 1 aliphatic heterocycles. The molecule has 0 aliphatic carbocycles. The number of carbonyl (C=O) groups excluding carboxylic acids is 2. The van der Waals surface area contributed by atoms with Crippen molar-refractivity contribution in [1.29, 1.82) is 0 Å². The zero-order chi connectivity index (χ0) is 13.3. The molecule has 2 amide bonds. The molecule has 2 rings (SSSR count). The Hall–Kier alpha value is -1.88. The lowest BCUT2D eigenvalue weighted by atomic mass is 10.0. The number of hydrogen-bond acceptors (Lipinski definition) is 3. The molecular formula is C13H16N2O3. The van der Waals surface area contributed by atoms with Crippen LogP contribution in [-0.2, 0) is 16.0 Å². The van der Waals surface area contributed by atoms with Crippen molar-refractivity contribution in [3.05, 3.63) is 23.8 Å². The maximum atomic E-state index is 11.5. The number of aliphatic hydroxyl groups excluding tert-OH is 1. The first-order valence-corrected chi connectivity index (χ1v) is 5.87. The van der Waals surface area contributed by atoms with Gasteiger partial charge in [0.15, 0.2) is 0 Å².